The largest absolute Gasteiger partial charge is 0.382 e. The van der Waals surface area contributed by atoms with E-state index < -0.39 is 15.9 Å². The summed E-state index contributed by atoms with van der Waals surface area (Å²) in [5.41, 5.74) is 6.61. The van der Waals surface area contributed by atoms with E-state index in [9.17, 15) is 13.2 Å². The summed E-state index contributed by atoms with van der Waals surface area (Å²) < 4.78 is 27.0. The first-order valence-corrected chi connectivity index (χ1v) is 11.6. The highest BCUT2D eigenvalue weighted by Gasteiger charge is 2.28. The van der Waals surface area contributed by atoms with Gasteiger partial charge in [0.25, 0.3) is 5.91 Å². The second-order valence-electron chi connectivity index (χ2n) is 7.26. The number of nitrogens with two attached hydrogens (primary N) is 1. The van der Waals surface area contributed by atoms with E-state index in [1.165, 1.54) is 10.5 Å². The van der Waals surface area contributed by atoms with Crippen LogP contribution in [0, 0.1) is 0 Å². The summed E-state index contributed by atoms with van der Waals surface area (Å²) in [6, 6.07) is 14.2. The van der Waals surface area contributed by atoms with E-state index in [1.807, 2.05) is 23.1 Å². The number of carbonyl (C=O) groups excluding carboxylic acids is 1. The molecule has 0 radical (unpaired) electrons. The molecule has 1 aliphatic heterocycles. The van der Waals surface area contributed by atoms with Crippen LogP contribution in [-0.2, 0) is 15.8 Å². The monoisotopic (exact) mass is 453 g/mol. The molecule has 1 aromatic carbocycles. The lowest BCUT2D eigenvalue weighted by molar-refractivity contribution is 0.102. The van der Waals surface area contributed by atoms with Crippen LogP contribution in [0.4, 0.5) is 17.5 Å². The van der Waals surface area contributed by atoms with Gasteiger partial charge in [-0.3, -0.25) is 4.79 Å². The van der Waals surface area contributed by atoms with Gasteiger partial charge in [0.15, 0.2) is 11.5 Å². The molecule has 11 heteroatoms. The molecule has 1 amide bonds. The summed E-state index contributed by atoms with van der Waals surface area (Å²) in [5, 5.41) is 2.64. The third-order valence-corrected chi connectivity index (χ3v) is 6.91. The summed E-state index contributed by atoms with van der Waals surface area (Å²) >= 11 is 0. The molecule has 1 fully saturated rings. The fraction of sp³-hybridized carbons (Fsp3) is 0.238. The number of hydrogen-bond acceptors (Lipinski definition) is 8. The lowest BCUT2D eigenvalue weighted by atomic mass is 10.2. The molecular formula is C21H23N7O3S. The predicted molar refractivity (Wildman–Crippen MR) is 121 cm³/mol. The lowest BCUT2D eigenvalue weighted by Crippen LogP contribution is -2.49. The van der Waals surface area contributed by atoms with E-state index in [2.05, 4.69) is 20.3 Å². The summed E-state index contributed by atoms with van der Waals surface area (Å²) in [6.45, 7) is 1.48. The first-order chi connectivity index (χ1) is 15.4. The third-order valence-electron chi connectivity index (χ3n) is 5.06. The van der Waals surface area contributed by atoms with E-state index in [0.717, 1.165) is 5.56 Å². The van der Waals surface area contributed by atoms with Crippen LogP contribution in [0.3, 0.4) is 0 Å². The third kappa shape index (κ3) is 5.01. The zero-order valence-corrected chi connectivity index (χ0v) is 18.1. The number of aromatic nitrogens is 3. The molecular weight excluding hydrogens is 430 g/mol. The van der Waals surface area contributed by atoms with Crippen molar-refractivity contribution in [3.8, 4) is 0 Å². The van der Waals surface area contributed by atoms with Crippen LogP contribution in [0.25, 0.3) is 0 Å². The topological polar surface area (TPSA) is 134 Å². The number of benzene rings is 1. The first kappa shape index (κ1) is 21.7. The molecule has 0 saturated carbocycles. The van der Waals surface area contributed by atoms with Gasteiger partial charge in [-0.1, -0.05) is 36.4 Å². The molecule has 2 aromatic heterocycles. The highest BCUT2D eigenvalue weighted by Crippen LogP contribution is 2.19. The Morgan fingerprint density at radius 3 is 2.41 bits per heavy atom. The van der Waals surface area contributed by atoms with Gasteiger partial charge in [0.05, 0.1) is 11.9 Å². The van der Waals surface area contributed by atoms with Crippen LogP contribution >= 0.6 is 0 Å². The maximum absolute atomic E-state index is 12.8. The number of piperazine rings is 1. The maximum Gasteiger partial charge on any atom is 0.279 e. The molecule has 0 unspecified atom stereocenters. The Bertz CT molecular complexity index is 1180. The summed E-state index contributed by atoms with van der Waals surface area (Å²) in [5.74, 6) is 0.297. The molecule has 4 rings (SSSR count). The van der Waals surface area contributed by atoms with Crippen molar-refractivity contribution in [3.05, 3.63) is 72.2 Å². The minimum absolute atomic E-state index is 0.00579. The number of nitrogens with one attached hydrogen (secondary N) is 1. The molecule has 166 valence electrons. The average molecular weight is 454 g/mol. The van der Waals surface area contributed by atoms with Crippen molar-refractivity contribution in [2.24, 2.45) is 0 Å². The molecule has 32 heavy (non-hydrogen) atoms. The predicted octanol–water partition coefficient (Wildman–Crippen LogP) is 1.36. The van der Waals surface area contributed by atoms with Crippen molar-refractivity contribution < 1.29 is 13.2 Å². The van der Waals surface area contributed by atoms with Gasteiger partial charge in [0.2, 0.25) is 10.0 Å². The highest BCUT2D eigenvalue weighted by atomic mass is 32.2. The van der Waals surface area contributed by atoms with Gasteiger partial charge in [-0.2, -0.15) is 4.31 Å². The van der Waals surface area contributed by atoms with Crippen molar-refractivity contribution in [1.82, 2.24) is 19.3 Å². The van der Waals surface area contributed by atoms with Gasteiger partial charge in [0.1, 0.15) is 11.6 Å². The van der Waals surface area contributed by atoms with E-state index >= 15 is 0 Å². The summed E-state index contributed by atoms with van der Waals surface area (Å²) in [4.78, 5) is 27.0. The quantitative estimate of drug-likeness (QED) is 0.571. The van der Waals surface area contributed by atoms with Crippen LogP contribution < -0.4 is 16.0 Å². The summed E-state index contributed by atoms with van der Waals surface area (Å²) in [6.07, 6.45) is 3.05. The van der Waals surface area contributed by atoms with Gasteiger partial charge in [-0.05, 0) is 17.7 Å². The Labute approximate surface area is 186 Å². The molecule has 0 aliphatic carbocycles. The number of pyridine rings is 1. The Kier molecular flexibility index (Phi) is 6.28. The van der Waals surface area contributed by atoms with Crippen LogP contribution in [-0.4, -0.2) is 59.8 Å². The van der Waals surface area contributed by atoms with Crippen molar-refractivity contribution in [3.63, 3.8) is 0 Å². The van der Waals surface area contributed by atoms with Gasteiger partial charge >= 0.3 is 0 Å². The number of hydrogen-bond donors (Lipinski definition) is 2. The van der Waals surface area contributed by atoms with Crippen molar-refractivity contribution in [1.29, 1.82) is 0 Å². The Morgan fingerprint density at radius 2 is 1.72 bits per heavy atom. The molecule has 3 heterocycles. The lowest BCUT2D eigenvalue weighted by Gasteiger charge is -2.34. The molecule has 3 N–H and O–H groups in total. The van der Waals surface area contributed by atoms with Crippen LogP contribution in [0.2, 0.25) is 0 Å². The van der Waals surface area contributed by atoms with Crippen LogP contribution in [0.1, 0.15) is 16.1 Å². The van der Waals surface area contributed by atoms with E-state index in [0.29, 0.717) is 37.8 Å². The normalized spacial score (nSPS) is 14.8. The molecule has 0 bridgehead atoms. The van der Waals surface area contributed by atoms with E-state index in [-0.39, 0.29) is 17.3 Å². The smallest absolute Gasteiger partial charge is 0.279 e. The second kappa shape index (κ2) is 9.28. The minimum Gasteiger partial charge on any atom is -0.382 e. The fourth-order valence-corrected chi connectivity index (χ4v) is 4.91. The Balaban J connectivity index is 1.42. The van der Waals surface area contributed by atoms with Gasteiger partial charge in [-0.15, -0.1) is 0 Å². The zero-order chi connectivity index (χ0) is 22.6. The van der Waals surface area contributed by atoms with Gasteiger partial charge in [0, 0.05) is 32.4 Å². The first-order valence-electron chi connectivity index (χ1n) is 10.0. The van der Waals surface area contributed by atoms with Crippen LogP contribution in [0.5, 0.6) is 0 Å². The van der Waals surface area contributed by atoms with Crippen LogP contribution in [0.15, 0.2) is 60.9 Å². The minimum atomic E-state index is -3.43. The fourth-order valence-electron chi connectivity index (χ4n) is 3.39. The van der Waals surface area contributed by atoms with E-state index in [4.69, 9.17) is 5.73 Å². The number of anilines is 3. The van der Waals surface area contributed by atoms with Gasteiger partial charge < -0.3 is 16.0 Å². The van der Waals surface area contributed by atoms with Crippen molar-refractivity contribution in [2.45, 2.75) is 5.75 Å². The van der Waals surface area contributed by atoms with Crippen molar-refractivity contribution in [2.75, 3.05) is 42.1 Å². The second-order valence-corrected chi connectivity index (χ2v) is 9.23. The highest BCUT2D eigenvalue weighted by molar-refractivity contribution is 7.88. The van der Waals surface area contributed by atoms with E-state index in [1.54, 1.807) is 36.5 Å². The average Bonchev–Trinajstić information content (AvgIpc) is 2.80. The number of carbonyl (C=O) groups is 1. The zero-order valence-electron chi connectivity index (χ0n) is 17.3. The SMILES string of the molecule is Nc1ncc(N2CCN(S(=O)(=O)Cc3ccccc3)CC2)nc1C(=O)Nc1ccccn1. The standard InChI is InChI=1S/C21H23N7O3S/c22-20-19(21(29)25-17-8-4-5-9-23-17)26-18(14-24-20)27-10-12-28(13-11-27)32(30,31)15-16-6-2-1-3-7-16/h1-9,14H,10-13,15H2,(H2,22,24)(H,23,25,29). The molecule has 0 spiro atoms. The number of nitrogen functional groups attached to an aromatic ring is 1. The molecule has 3 aromatic rings. The number of rotatable bonds is 6. The molecule has 1 aliphatic rings. The number of sulfonamides is 1. The Morgan fingerprint density at radius 1 is 1.00 bits per heavy atom. The molecule has 10 nitrogen and oxygen atoms in total. The Hall–Kier alpha value is -3.57. The van der Waals surface area contributed by atoms with Crippen molar-refractivity contribution >= 4 is 33.4 Å². The summed E-state index contributed by atoms with van der Waals surface area (Å²) in [7, 11) is -3.43. The number of amides is 1. The molecule has 0 atom stereocenters. The number of nitrogens with zero attached hydrogens (tertiary/aromatic N) is 5. The van der Waals surface area contributed by atoms with Gasteiger partial charge in [-0.25, -0.2) is 23.4 Å². The maximum atomic E-state index is 12.8. The molecule has 1 saturated heterocycles.